The van der Waals surface area contributed by atoms with Crippen LogP contribution in [0.5, 0.6) is 0 Å². The molecule has 102 valence electrons. The second kappa shape index (κ2) is 5.44. The van der Waals surface area contributed by atoms with E-state index in [1.807, 2.05) is 0 Å². The summed E-state index contributed by atoms with van der Waals surface area (Å²) in [6.45, 7) is 13.6. The Bertz CT molecular complexity index is 362. The van der Waals surface area contributed by atoms with E-state index in [9.17, 15) is 5.11 Å². The Kier molecular flexibility index (Phi) is 4.61. The molecule has 0 bridgehead atoms. The second-order valence-corrected chi connectivity index (χ2v) is 7.52. The SMILES string of the molecule is CC(C)(C)CC(CO)c1ccc(C(C)(C)C)cc1. The first-order valence-electron chi connectivity index (χ1n) is 6.85. The van der Waals surface area contributed by atoms with Gasteiger partial charge in [0.2, 0.25) is 0 Å². The molecule has 1 aromatic carbocycles. The zero-order chi connectivity index (χ0) is 14.0. The maximum absolute atomic E-state index is 9.57. The molecule has 0 saturated heterocycles. The summed E-state index contributed by atoms with van der Waals surface area (Å²) in [4.78, 5) is 0. The molecular weight excluding hydrogens is 220 g/mol. The molecule has 1 N–H and O–H groups in total. The summed E-state index contributed by atoms with van der Waals surface area (Å²) in [5.41, 5.74) is 3.03. The Hall–Kier alpha value is -0.820. The molecule has 0 aliphatic heterocycles. The van der Waals surface area contributed by atoms with E-state index in [4.69, 9.17) is 0 Å². The minimum absolute atomic E-state index is 0.192. The molecule has 0 saturated carbocycles. The lowest BCUT2D eigenvalue weighted by Gasteiger charge is -2.26. The van der Waals surface area contributed by atoms with Crippen molar-refractivity contribution in [1.29, 1.82) is 0 Å². The van der Waals surface area contributed by atoms with Crippen molar-refractivity contribution in [2.24, 2.45) is 5.41 Å². The van der Waals surface area contributed by atoms with Gasteiger partial charge in [0.25, 0.3) is 0 Å². The van der Waals surface area contributed by atoms with Gasteiger partial charge in [-0.25, -0.2) is 0 Å². The van der Waals surface area contributed by atoms with Crippen LogP contribution in [0.1, 0.15) is 65.0 Å². The van der Waals surface area contributed by atoms with Crippen LogP contribution in [0.15, 0.2) is 24.3 Å². The van der Waals surface area contributed by atoms with Crippen molar-refractivity contribution in [3.63, 3.8) is 0 Å². The fraction of sp³-hybridized carbons (Fsp3) is 0.647. The van der Waals surface area contributed by atoms with Gasteiger partial charge in [0, 0.05) is 12.5 Å². The van der Waals surface area contributed by atoms with E-state index in [-0.39, 0.29) is 23.4 Å². The summed E-state index contributed by atoms with van der Waals surface area (Å²) in [7, 11) is 0. The summed E-state index contributed by atoms with van der Waals surface area (Å²) in [6.07, 6.45) is 1.01. The highest BCUT2D eigenvalue weighted by Gasteiger charge is 2.20. The first-order valence-corrected chi connectivity index (χ1v) is 6.85. The van der Waals surface area contributed by atoms with E-state index in [1.54, 1.807) is 0 Å². The summed E-state index contributed by atoms with van der Waals surface area (Å²) < 4.78 is 0. The third-order valence-corrected chi connectivity index (χ3v) is 3.33. The van der Waals surface area contributed by atoms with Gasteiger partial charge in [-0.15, -0.1) is 0 Å². The minimum Gasteiger partial charge on any atom is -0.396 e. The topological polar surface area (TPSA) is 20.2 Å². The molecule has 0 aliphatic carbocycles. The fourth-order valence-electron chi connectivity index (χ4n) is 2.28. The highest BCUT2D eigenvalue weighted by Crippen LogP contribution is 2.32. The fourth-order valence-corrected chi connectivity index (χ4v) is 2.28. The lowest BCUT2D eigenvalue weighted by atomic mass is 9.80. The number of rotatable bonds is 3. The zero-order valence-electron chi connectivity index (χ0n) is 12.7. The van der Waals surface area contributed by atoms with Crippen molar-refractivity contribution in [3.8, 4) is 0 Å². The largest absolute Gasteiger partial charge is 0.396 e. The Morgan fingerprint density at radius 2 is 1.44 bits per heavy atom. The Morgan fingerprint density at radius 1 is 0.944 bits per heavy atom. The van der Waals surface area contributed by atoms with Gasteiger partial charge in [0.15, 0.2) is 0 Å². The highest BCUT2D eigenvalue weighted by molar-refractivity contribution is 5.29. The second-order valence-electron chi connectivity index (χ2n) is 7.52. The van der Waals surface area contributed by atoms with Crippen LogP contribution in [0.2, 0.25) is 0 Å². The quantitative estimate of drug-likeness (QED) is 0.835. The van der Waals surface area contributed by atoms with Crippen LogP contribution in [0.3, 0.4) is 0 Å². The Morgan fingerprint density at radius 3 is 1.78 bits per heavy atom. The van der Waals surface area contributed by atoms with Gasteiger partial charge in [0.05, 0.1) is 0 Å². The molecule has 18 heavy (non-hydrogen) atoms. The van der Waals surface area contributed by atoms with Crippen molar-refractivity contribution < 1.29 is 5.11 Å². The predicted octanol–water partition coefficient (Wildman–Crippen LogP) is 4.50. The van der Waals surface area contributed by atoms with Gasteiger partial charge >= 0.3 is 0 Å². The normalized spacial score (nSPS) is 14.6. The van der Waals surface area contributed by atoms with E-state index in [1.165, 1.54) is 11.1 Å². The van der Waals surface area contributed by atoms with Crippen LogP contribution in [-0.4, -0.2) is 11.7 Å². The van der Waals surface area contributed by atoms with Gasteiger partial charge in [-0.2, -0.15) is 0 Å². The van der Waals surface area contributed by atoms with E-state index >= 15 is 0 Å². The first-order chi connectivity index (χ1) is 8.13. The van der Waals surface area contributed by atoms with Gasteiger partial charge in [-0.1, -0.05) is 65.8 Å². The molecule has 0 heterocycles. The van der Waals surface area contributed by atoms with Crippen LogP contribution in [0.25, 0.3) is 0 Å². The predicted molar refractivity (Wildman–Crippen MR) is 79.0 cm³/mol. The monoisotopic (exact) mass is 248 g/mol. The molecule has 0 spiro atoms. The average molecular weight is 248 g/mol. The average Bonchev–Trinajstić information content (AvgIpc) is 2.24. The van der Waals surface area contributed by atoms with Crippen molar-refractivity contribution in [2.45, 2.75) is 59.3 Å². The maximum atomic E-state index is 9.57. The summed E-state index contributed by atoms with van der Waals surface area (Å²) >= 11 is 0. The van der Waals surface area contributed by atoms with Crippen molar-refractivity contribution in [3.05, 3.63) is 35.4 Å². The molecule has 0 aliphatic rings. The Labute approximate surface area is 112 Å². The molecule has 1 heteroatoms. The molecule has 1 nitrogen and oxygen atoms in total. The molecule has 0 aromatic heterocycles. The van der Waals surface area contributed by atoms with E-state index < -0.39 is 0 Å². The summed E-state index contributed by atoms with van der Waals surface area (Å²) in [6, 6.07) is 8.74. The molecular formula is C17H28O. The summed E-state index contributed by atoms with van der Waals surface area (Å²) in [5, 5.41) is 9.57. The third-order valence-electron chi connectivity index (χ3n) is 3.33. The van der Waals surface area contributed by atoms with E-state index in [0.29, 0.717) is 0 Å². The summed E-state index contributed by atoms with van der Waals surface area (Å²) in [5.74, 6) is 0.249. The molecule has 0 radical (unpaired) electrons. The lowest BCUT2D eigenvalue weighted by Crippen LogP contribution is -2.16. The molecule has 1 unspecified atom stereocenters. The molecule has 1 rings (SSSR count). The number of hydrogen-bond donors (Lipinski definition) is 1. The van der Waals surface area contributed by atoms with Crippen LogP contribution < -0.4 is 0 Å². The standard InChI is InChI=1S/C17H28O/c1-16(2,3)11-14(12-18)13-7-9-15(10-8-13)17(4,5)6/h7-10,14,18H,11-12H2,1-6H3. The minimum atomic E-state index is 0.192. The van der Waals surface area contributed by atoms with Crippen molar-refractivity contribution >= 4 is 0 Å². The highest BCUT2D eigenvalue weighted by atomic mass is 16.3. The number of hydrogen-bond acceptors (Lipinski definition) is 1. The van der Waals surface area contributed by atoms with Crippen LogP contribution in [-0.2, 0) is 5.41 Å². The number of aliphatic hydroxyl groups excluding tert-OH is 1. The van der Waals surface area contributed by atoms with Crippen LogP contribution in [0, 0.1) is 5.41 Å². The smallest absolute Gasteiger partial charge is 0.0499 e. The third kappa shape index (κ3) is 4.45. The lowest BCUT2D eigenvalue weighted by molar-refractivity contribution is 0.222. The zero-order valence-corrected chi connectivity index (χ0v) is 12.7. The van der Waals surface area contributed by atoms with Gasteiger partial charge < -0.3 is 5.11 Å². The van der Waals surface area contributed by atoms with Gasteiger partial charge in [-0.05, 0) is 28.4 Å². The number of benzene rings is 1. The van der Waals surface area contributed by atoms with Gasteiger partial charge in [-0.3, -0.25) is 0 Å². The van der Waals surface area contributed by atoms with Crippen LogP contribution >= 0.6 is 0 Å². The van der Waals surface area contributed by atoms with Crippen molar-refractivity contribution in [2.75, 3.05) is 6.61 Å². The van der Waals surface area contributed by atoms with E-state index in [0.717, 1.165) is 6.42 Å². The number of aliphatic hydroxyl groups is 1. The Balaban J connectivity index is 2.89. The van der Waals surface area contributed by atoms with Crippen LogP contribution in [0.4, 0.5) is 0 Å². The molecule has 1 atom stereocenters. The first kappa shape index (κ1) is 15.2. The molecule has 1 aromatic rings. The maximum Gasteiger partial charge on any atom is 0.0499 e. The van der Waals surface area contributed by atoms with Crippen molar-refractivity contribution in [1.82, 2.24) is 0 Å². The molecule has 0 fully saturated rings. The van der Waals surface area contributed by atoms with Gasteiger partial charge in [0.1, 0.15) is 0 Å². The molecule has 0 amide bonds. The van der Waals surface area contributed by atoms with E-state index in [2.05, 4.69) is 65.8 Å².